The molecular weight excluding hydrogens is 316 g/mol. The Hall–Kier alpha value is -2.44. The van der Waals surface area contributed by atoms with Gasteiger partial charge >= 0.3 is 0 Å². The molecular formula is C18H24N6O. The second-order valence-corrected chi connectivity index (χ2v) is 6.91. The number of H-pyrrole nitrogens is 1. The van der Waals surface area contributed by atoms with Crippen molar-refractivity contribution in [3.63, 3.8) is 0 Å². The summed E-state index contributed by atoms with van der Waals surface area (Å²) < 4.78 is 0. The number of hydrogen-bond acceptors (Lipinski definition) is 5. The van der Waals surface area contributed by atoms with Gasteiger partial charge in [0.1, 0.15) is 0 Å². The summed E-state index contributed by atoms with van der Waals surface area (Å²) >= 11 is 0. The lowest BCUT2D eigenvalue weighted by atomic mass is 9.95. The van der Waals surface area contributed by atoms with E-state index in [2.05, 4.69) is 30.4 Å². The number of anilines is 1. The molecule has 7 heteroatoms. The molecule has 0 saturated carbocycles. The molecule has 1 fully saturated rings. The van der Waals surface area contributed by atoms with Crippen LogP contribution in [0.4, 0.5) is 5.95 Å². The van der Waals surface area contributed by atoms with Gasteiger partial charge in [0.05, 0.1) is 12.1 Å². The Kier molecular flexibility index (Phi) is 4.63. The van der Waals surface area contributed by atoms with E-state index >= 15 is 0 Å². The van der Waals surface area contributed by atoms with Crippen LogP contribution in [-0.2, 0) is 24.1 Å². The van der Waals surface area contributed by atoms with Crippen molar-refractivity contribution in [3.8, 4) is 0 Å². The van der Waals surface area contributed by atoms with Crippen molar-refractivity contribution in [1.29, 1.82) is 0 Å². The lowest BCUT2D eigenvalue weighted by molar-refractivity contribution is -0.121. The van der Waals surface area contributed by atoms with Gasteiger partial charge in [0, 0.05) is 37.2 Å². The van der Waals surface area contributed by atoms with E-state index in [1.54, 1.807) is 12.4 Å². The number of nitrogens with zero attached hydrogens (tertiary/aromatic N) is 4. The molecule has 7 nitrogen and oxygen atoms in total. The highest BCUT2D eigenvalue weighted by atomic mass is 16.1. The normalized spacial score (nSPS) is 20.2. The van der Waals surface area contributed by atoms with Gasteiger partial charge in [-0.1, -0.05) is 0 Å². The Morgan fingerprint density at radius 3 is 2.96 bits per heavy atom. The third-order valence-corrected chi connectivity index (χ3v) is 5.09. The zero-order chi connectivity index (χ0) is 17.1. The number of piperidine rings is 1. The van der Waals surface area contributed by atoms with Crippen molar-refractivity contribution < 1.29 is 4.79 Å². The monoisotopic (exact) mass is 340 g/mol. The molecule has 2 aromatic rings. The van der Waals surface area contributed by atoms with Gasteiger partial charge in [0.15, 0.2) is 0 Å². The highest BCUT2D eigenvalue weighted by molar-refractivity contribution is 5.79. The topological polar surface area (TPSA) is 86.8 Å². The zero-order valence-corrected chi connectivity index (χ0v) is 14.4. The van der Waals surface area contributed by atoms with Crippen molar-refractivity contribution in [2.75, 3.05) is 18.0 Å². The summed E-state index contributed by atoms with van der Waals surface area (Å²) in [4.78, 5) is 23.3. The van der Waals surface area contributed by atoms with E-state index in [9.17, 15) is 4.79 Å². The predicted octanol–water partition coefficient (Wildman–Crippen LogP) is 1.41. The van der Waals surface area contributed by atoms with Gasteiger partial charge in [-0.15, -0.1) is 0 Å². The molecule has 1 amide bonds. The number of rotatable bonds is 4. The zero-order valence-electron chi connectivity index (χ0n) is 14.4. The molecule has 0 spiro atoms. The van der Waals surface area contributed by atoms with Gasteiger partial charge in [0.25, 0.3) is 0 Å². The lowest BCUT2D eigenvalue weighted by Gasteiger charge is -2.33. The number of aryl methyl sites for hydroxylation is 1. The Bertz CT molecular complexity index is 728. The third kappa shape index (κ3) is 3.65. The number of amides is 1. The van der Waals surface area contributed by atoms with Crippen molar-refractivity contribution in [2.45, 2.75) is 51.0 Å². The molecule has 1 aliphatic heterocycles. The summed E-state index contributed by atoms with van der Waals surface area (Å²) in [6.45, 7) is 1.69. The predicted molar refractivity (Wildman–Crippen MR) is 94.3 cm³/mol. The maximum absolute atomic E-state index is 12.5. The Labute approximate surface area is 147 Å². The number of aromatic nitrogens is 4. The fraction of sp³-hybridized carbons (Fsp3) is 0.556. The second kappa shape index (κ2) is 7.21. The molecule has 0 aromatic carbocycles. The molecule has 1 aliphatic carbocycles. The quantitative estimate of drug-likeness (QED) is 0.879. The molecule has 0 radical (unpaired) electrons. The standard InChI is InChI=1S/C18H24N6O/c25-17(11-16-14-6-1-2-7-15(14)22-23-16)21-13-5-3-10-24(12-13)18-19-8-4-9-20-18/h4,8-9,13H,1-3,5-7,10-12H2,(H,21,25)(H,22,23). The molecule has 0 bridgehead atoms. The summed E-state index contributed by atoms with van der Waals surface area (Å²) in [6.07, 6.45) is 10.4. The third-order valence-electron chi connectivity index (χ3n) is 5.09. The van der Waals surface area contributed by atoms with Gasteiger partial charge in [-0.2, -0.15) is 5.10 Å². The average Bonchev–Trinajstić information content (AvgIpc) is 3.06. The molecule has 2 N–H and O–H groups in total. The maximum atomic E-state index is 12.5. The number of hydrogen-bond donors (Lipinski definition) is 2. The van der Waals surface area contributed by atoms with Gasteiger partial charge in [0.2, 0.25) is 11.9 Å². The van der Waals surface area contributed by atoms with Crippen molar-refractivity contribution in [1.82, 2.24) is 25.5 Å². The second-order valence-electron chi connectivity index (χ2n) is 6.91. The number of aromatic amines is 1. The minimum Gasteiger partial charge on any atom is -0.351 e. The van der Waals surface area contributed by atoms with Crippen LogP contribution in [0.3, 0.4) is 0 Å². The highest BCUT2D eigenvalue weighted by Crippen LogP contribution is 2.22. The van der Waals surface area contributed by atoms with E-state index < -0.39 is 0 Å². The first kappa shape index (κ1) is 16.1. The molecule has 2 aromatic heterocycles. The van der Waals surface area contributed by atoms with E-state index in [4.69, 9.17) is 0 Å². The smallest absolute Gasteiger partial charge is 0.226 e. The van der Waals surface area contributed by atoms with Crippen LogP contribution in [0.1, 0.15) is 42.6 Å². The van der Waals surface area contributed by atoms with Crippen LogP contribution in [0.15, 0.2) is 18.5 Å². The fourth-order valence-electron chi connectivity index (χ4n) is 3.86. The molecule has 4 rings (SSSR count). The maximum Gasteiger partial charge on any atom is 0.226 e. The van der Waals surface area contributed by atoms with E-state index in [1.807, 2.05) is 6.07 Å². The van der Waals surface area contributed by atoms with Gasteiger partial charge in [-0.05, 0) is 50.2 Å². The summed E-state index contributed by atoms with van der Waals surface area (Å²) in [5.74, 6) is 0.795. The summed E-state index contributed by atoms with van der Waals surface area (Å²) in [5.41, 5.74) is 3.41. The van der Waals surface area contributed by atoms with Crippen molar-refractivity contribution in [3.05, 3.63) is 35.4 Å². The molecule has 1 unspecified atom stereocenters. The van der Waals surface area contributed by atoms with Crippen molar-refractivity contribution in [2.24, 2.45) is 0 Å². The van der Waals surface area contributed by atoms with E-state index in [1.165, 1.54) is 24.1 Å². The van der Waals surface area contributed by atoms with E-state index in [-0.39, 0.29) is 11.9 Å². The molecule has 2 aliphatic rings. The van der Waals surface area contributed by atoms with Crippen LogP contribution in [-0.4, -0.2) is 45.2 Å². The summed E-state index contributed by atoms with van der Waals surface area (Å²) in [6, 6.07) is 1.96. The SMILES string of the molecule is O=C(Cc1n[nH]c2c1CCCC2)NC1CCCN(c2ncccn2)C1. The first-order valence-corrected chi connectivity index (χ1v) is 9.16. The summed E-state index contributed by atoms with van der Waals surface area (Å²) in [7, 11) is 0. The highest BCUT2D eigenvalue weighted by Gasteiger charge is 2.24. The number of carbonyl (C=O) groups excluding carboxylic acids is 1. The number of fused-ring (bicyclic) bond motifs is 1. The Morgan fingerprint density at radius 2 is 2.08 bits per heavy atom. The molecule has 132 valence electrons. The largest absolute Gasteiger partial charge is 0.351 e. The van der Waals surface area contributed by atoms with E-state index in [0.717, 1.165) is 50.4 Å². The molecule has 3 heterocycles. The van der Waals surface area contributed by atoms with Crippen molar-refractivity contribution >= 4 is 11.9 Å². The van der Waals surface area contributed by atoms with Crippen LogP contribution in [0, 0.1) is 0 Å². The number of nitrogens with one attached hydrogen (secondary N) is 2. The van der Waals surface area contributed by atoms with Crippen LogP contribution in [0.2, 0.25) is 0 Å². The lowest BCUT2D eigenvalue weighted by Crippen LogP contribution is -2.48. The van der Waals surface area contributed by atoms with Crippen LogP contribution >= 0.6 is 0 Å². The van der Waals surface area contributed by atoms with Crippen LogP contribution < -0.4 is 10.2 Å². The van der Waals surface area contributed by atoms with Gasteiger partial charge in [-0.3, -0.25) is 9.89 Å². The first-order chi connectivity index (χ1) is 12.3. The van der Waals surface area contributed by atoms with Gasteiger partial charge in [-0.25, -0.2) is 9.97 Å². The van der Waals surface area contributed by atoms with Crippen LogP contribution in [0.25, 0.3) is 0 Å². The number of carbonyl (C=O) groups is 1. The minimum atomic E-state index is 0.0562. The first-order valence-electron chi connectivity index (χ1n) is 9.16. The molecule has 25 heavy (non-hydrogen) atoms. The molecule has 1 atom stereocenters. The molecule has 1 saturated heterocycles. The van der Waals surface area contributed by atoms with E-state index in [0.29, 0.717) is 6.42 Å². The Balaban J connectivity index is 1.35. The Morgan fingerprint density at radius 1 is 1.24 bits per heavy atom. The minimum absolute atomic E-state index is 0.0562. The van der Waals surface area contributed by atoms with Crippen LogP contribution in [0.5, 0.6) is 0 Å². The fourth-order valence-corrected chi connectivity index (χ4v) is 3.86. The summed E-state index contributed by atoms with van der Waals surface area (Å²) in [5, 5.41) is 10.7. The van der Waals surface area contributed by atoms with Gasteiger partial charge < -0.3 is 10.2 Å². The average molecular weight is 340 g/mol.